The zero-order valence-corrected chi connectivity index (χ0v) is 8.67. The van der Waals surface area contributed by atoms with Crippen molar-refractivity contribution in [3.63, 3.8) is 0 Å². The highest BCUT2D eigenvalue weighted by Crippen LogP contribution is 2.26. The van der Waals surface area contributed by atoms with E-state index in [1.165, 1.54) is 6.42 Å². The maximum atomic E-state index is 11.5. The zero-order chi connectivity index (χ0) is 10.1. The van der Waals surface area contributed by atoms with Gasteiger partial charge in [-0.25, -0.2) is 0 Å². The maximum Gasteiger partial charge on any atom is 0.287 e. The fraction of sp³-hybridized carbons (Fsp3) is 0.500. The van der Waals surface area contributed by atoms with Crippen molar-refractivity contribution in [3.05, 3.63) is 23.1 Å². The summed E-state index contributed by atoms with van der Waals surface area (Å²) < 4.78 is 5.00. The van der Waals surface area contributed by atoms with Crippen molar-refractivity contribution in [2.45, 2.75) is 25.8 Å². The van der Waals surface area contributed by atoms with Gasteiger partial charge >= 0.3 is 0 Å². The van der Waals surface area contributed by atoms with Gasteiger partial charge in [-0.15, -0.1) is 0 Å². The molecule has 2 unspecified atom stereocenters. The zero-order valence-electron chi connectivity index (χ0n) is 7.92. The van der Waals surface area contributed by atoms with Crippen LogP contribution >= 0.6 is 11.6 Å². The molecule has 2 rings (SSSR count). The third kappa shape index (κ3) is 1.77. The summed E-state index contributed by atoms with van der Waals surface area (Å²) in [5.41, 5.74) is 0. The highest BCUT2D eigenvalue weighted by Gasteiger charge is 2.28. The Bertz CT molecular complexity index is 348. The Labute approximate surface area is 87.4 Å². The first-order valence-electron chi connectivity index (χ1n) is 4.73. The van der Waals surface area contributed by atoms with E-state index in [4.69, 9.17) is 16.0 Å². The van der Waals surface area contributed by atoms with Crippen LogP contribution in [0.5, 0.6) is 0 Å². The number of carbonyl (C=O) groups is 1. The minimum Gasteiger partial charge on any atom is -0.440 e. The molecule has 0 aromatic carbocycles. The molecule has 1 heterocycles. The van der Waals surface area contributed by atoms with E-state index in [-0.39, 0.29) is 16.9 Å². The standard InChI is InChI=1S/C10H12ClNO2/c1-6-2-3-7(6)12-10(13)8-4-5-9(11)14-8/h4-7H,2-3H2,1H3,(H,12,13). The Balaban J connectivity index is 1.95. The van der Waals surface area contributed by atoms with Gasteiger partial charge in [0.25, 0.3) is 5.91 Å². The monoisotopic (exact) mass is 213 g/mol. The Morgan fingerprint density at radius 2 is 2.36 bits per heavy atom. The van der Waals surface area contributed by atoms with E-state index < -0.39 is 0 Å². The van der Waals surface area contributed by atoms with Crippen LogP contribution in [0, 0.1) is 5.92 Å². The first-order valence-corrected chi connectivity index (χ1v) is 5.11. The van der Waals surface area contributed by atoms with Gasteiger partial charge in [0.15, 0.2) is 11.0 Å². The summed E-state index contributed by atoms with van der Waals surface area (Å²) in [4.78, 5) is 11.5. The molecule has 14 heavy (non-hydrogen) atoms. The highest BCUT2D eigenvalue weighted by molar-refractivity contribution is 6.29. The van der Waals surface area contributed by atoms with E-state index in [1.54, 1.807) is 12.1 Å². The number of nitrogens with one attached hydrogen (secondary N) is 1. The first-order chi connectivity index (χ1) is 6.66. The SMILES string of the molecule is CC1CCC1NC(=O)c1ccc(Cl)o1. The van der Waals surface area contributed by atoms with Crippen LogP contribution in [0.15, 0.2) is 16.5 Å². The lowest BCUT2D eigenvalue weighted by molar-refractivity contribution is 0.0856. The van der Waals surface area contributed by atoms with Gasteiger partial charge in [-0.05, 0) is 42.5 Å². The summed E-state index contributed by atoms with van der Waals surface area (Å²) >= 11 is 5.57. The van der Waals surface area contributed by atoms with Gasteiger partial charge in [0.05, 0.1) is 0 Å². The lowest BCUT2D eigenvalue weighted by Crippen LogP contribution is -2.45. The normalized spacial score (nSPS) is 25.6. The average molecular weight is 214 g/mol. The minimum atomic E-state index is -0.173. The molecule has 1 amide bonds. The van der Waals surface area contributed by atoms with Crippen LogP contribution in [-0.2, 0) is 0 Å². The van der Waals surface area contributed by atoms with Crippen LogP contribution in [-0.4, -0.2) is 11.9 Å². The van der Waals surface area contributed by atoms with Crippen molar-refractivity contribution in [3.8, 4) is 0 Å². The predicted molar refractivity (Wildman–Crippen MR) is 53.4 cm³/mol. The molecule has 0 spiro atoms. The van der Waals surface area contributed by atoms with E-state index in [0.717, 1.165) is 6.42 Å². The average Bonchev–Trinajstić information content (AvgIpc) is 2.58. The van der Waals surface area contributed by atoms with Gasteiger partial charge < -0.3 is 9.73 Å². The largest absolute Gasteiger partial charge is 0.440 e. The van der Waals surface area contributed by atoms with E-state index in [2.05, 4.69) is 12.2 Å². The van der Waals surface area contributed by atoms with Crippen molar-refractivity contribution in [2.75, 3.05) is 0 Å². The molecular weight excluding hydrogens is 202 g/mol. The van der Waals surface area contributed by atoms with Crippen LogP contribution in [0.1, 0.15) is 30.3 Å². The predicted octanol–water partition coefficient (Wildman–Crippen LogP) is 2.46. The minimum absolute atomic E-state index is 0.173. The fourth-order valence-corrected chi connectivity index (χ4v) is 1.70. The fourth-order valence-electron chi connectivity index (χ4n) is 1.56. The van der Waals surface area contributed by atoms with Crippen LogP contribution in [0.2, 0.25) is 5.22 Å². The molecular formula is C10H12ClNO2. The third-order valence-corrected chi connectivity index (χ3v) is 2.94. The number of hydrogen-bond acceptors (Lipinski definition) is 2. The van der Waals surface area contributed by atoms with Crippen molar-refractivity contribution >= 4 is 17.5 Å². The highest BCUT2D eigenvalue weighted by atomic mass is 35.5. The molecule has 1 aromatic rings. The third-order valence-electron chi connectivity index (χ3n) is 2.73. The summed E-state index contributed by atoms with van der Waals surface area (Å²) in [6, 6.07) is 3.45. The molecule has 3 nitrogen and oxygen atoms in total. The summed E-state index contributed by atoms with van der Waals surface area (Å²) in [5.74, 6) is 0.687. The number of rotatable bonds is 2. The Morgan fingerprint density at radius 1 is 1.57 bits per heavy atom. The number of amides is 1. The molecule has 0 saturated heterocycles. The molecule has 1 saturated carbocycles. The molecule has 2 atom stereocenters. The molecule has 0 bridgehead atoms. The van der Waals surface area contributed by atoms with Gasteiger partial charge in [0, 0.05) is 6.04 Å². The van der Waals surface area contributed by atoms with E-state index >= 15 is 0 Å². The van der Waals surface area contributed by atoms with E-state index in [1.807, 2.05) is 0 Å². The number of hydrogen-bond donors (Lipinski definition) is 1. The Morgan fingerprint density at radius 3 is 2.79 bits per heavy atom. The summed E-state index contributed by atoms with van der Waals surface area (Å²) in [7, 11) is 0. The van der Waals surface area contributed by atoms with Gasteiger partial charge in [0.1, 0.15) is 0 Å². The van der Waals surface area contributed by atoms with E-state index in [0.29, 0.717) is 12.0 Å². The molecule has 1 aliphatic carbocycles. The molecule has 76 valence electrons. The maximum absolute atomic E-state index is 11.5. The summed E-state index contributed by atoms with van der Waals surface area (Å²) in [6.07, 6.45) is 2.24. The lowest BCUT2D eigenvalue weighted by atomic mass is 9.81. The van der Waals surface area contributed by atoms with Gasteiger partial charge in [-0.2, -0.15) is 0 Å². The second-order valence-electron chi connectivity index (χ2n) is 3.74. The van der Waals surface area contributed by atoms with Gasteiger partial charge in [-0.1, -0.05) is 6.92 Å². The molecule has 0 aliphatic heterocycles. The van der Waals surface area contributed by atoms with Crippen LogP contribution in [0.4, 0.5) is 0 Å². The number of furan rings is 1. The smallest absolute Gasteiger partial charge is 0.287 e. The van der Waals surface area contributed by atoms with Crippen LogP contribution < -0.4 is 5.32 Å². The number of carbonyl (C=O) groups excluding carboxylic acids is 1. The first kappa shape index (κ1) is 9.59. The molecule has 1 aromatic heterocycles. The Hall–Kier alpha value is -0.960. The quantitative estimate of drug-likeness (QED) is 0.820. The van der Waals surface area contributed by atoms with Crippen molar-refractivity contribution < 1.29 is 9.21 Å². The van der Waals surface area contributed by atoms with Crippen molar-refractivity contribution in [2.24, 2.45) is 5.92 Å². The molecule has 4 heteroatoms. The summed E-state index contributed by atoms with van der Waals surface area (Å²) in [6.45, 7) is 2.13. The van der Waals surface area contributed by atoms with Crippen LogP contribution in [0.25, 0.3) is 0 Å². The lowest BCUT2D eigenvalue weighted by Gasteiger charge is -2.34. The number of halogens is 1. The second-order valence-corrected chi connectivity index (χ2v) is 4.11. The molecule has 1 aliphatic rings. The molecule has 1 fully saturated rings. The Kier molecular flexibility index (Phi) is 2.50. The summed E-state index contributed by atoms with van der Waals surface area (Å²) in [5, 5.41) is 3.15. The topological polar surface area (TPSA) is 42.2 Å². The molecule has 0 radical (unpaired) electrons. The van der Waals surface area contributed by atoms with Crippen LogP contribution in [0.3, 0.4) is 0 Å². The molecule has 1 N–H and O–H groups in total. The van der Waals surface area contributed by atoms with E-state index in [9.17, 15) is 4.79 Å². The van der Waals surface area contributed by atoms with Crippen molar-refractivity contribution in [1.29, 1.82) is 0 Å². The van der Waals surface area contributed by atoms with Crippen molar-refractivity contribution in [1.82, 2.24) is 5.32 Å². The van der Waals surface area contributed by atoms with Gasteiger partial charge in [0.2, 0.25) is 0 Å². The second kappa shape index (κ2) is 3.65. The van der Waals surface area contributed by atoms with Gasteiger partial charge in [-0.3, -0.25) is 4.79 Å².